The first-order valence-corrected chi connectivity index (χ1v) is 4.20. The second-order valence-electron chi connectivity index (χ2n) is 2.79. The Balaban J connectivity index is 3.09. The highest BCUT2D eigenvalue weighted by Crippen LogP contribution is 2.12. The van der Waals surface area contributed by atoms with Crippen molar-refractivity contribution in [3.8, 4) is 12.1 Å². The normalized spacial score (nSPS) is 8.85. The molecule has 1 rings (SSSR count). The van der Waals surface area contributed by atoms with Crippen LogP contribution in [0.1, 0.15) is 23.6 Å². The number of nitrogens with zero attached hydrogens (tertiary/aromatic N) is 2. The van der Waals surface area contributed by atoms with Gasteiger partial charge in [0.2, 0.25) is 0 Å². The van der Waals surface area contributed by atoms with Gasteiger partial charge in [-0.3, -0.25) is 0 Å². The lowest BCUT2D eigenvalue weighted by Crippen LogP contribution is -1.90. The van der Waals surface area contributed by atoms with Gasteiger partial charge in [0.25, 0.3) is 0 Å². The van der Waals surface area contributed by atoms with Crippen molar-refractivity contribution in [1.29, 1.82) is 10.5 Å². The van der Waals surface area contributed by atoms with Gasteiger partial charge in [0, 0.05) is 0 Å². The SMILES string of the molecule is CCc1ccc(CC#N)cc1C#N. The molecule has 2 heteroatoms. The second-order valence-corrected chi connectivity index (χ2v) is 2.79. The molecule has 0 amide bonds. The molecule has 0 unspecified atom stereocenters. The predicted octanol–water partition coefficient (Wildman–Crippen LogP) is 2.19. The van der Waals surface area contributed by atoms with Gasteiger partial charge in [0.05, 0.1) is 24.1 Å². The molecule has 0 N–H and O–H groups in total. The zero-order valence-electron chi connectivity index (χ0n) is 7.54. The van der Waals surface area contributed by atoms with Crippen LogP contribution >= 0.6 is 0 Å². The highest BCUT2D eigenvalue weighted by molar-refractivity contribution is 5.41. The average Bonchev–Trinajstić information content (AvgIpc) is 2.18. The Morgan fingerprint density at radius 2 is 2.08 bits per heavy atom. The van der Waals surface area contributed by atoms with E-state index in [2.05, 4.69) is 12.1 Å². The summed E-state index contributed by atoms with van der Waals surface area (Å²) in [6, 6.07) is 9.82. The third-order valence-electron chi connectivity index (χ3n) is 1.96. The molecule has 1 aromatic carbocycles. The molecular formula is C11H10N2. The molecule has 0 aliphatic carbocycles. The van der Waals surface area contributed by atoms with Crippen LogP contribution < -0.4 is 0 Å². The van der Waals surface area contributed by atoms with Crippen LogP contribution in [0.4, 0.5) is 0 Å². The van der Waals surface area contributed by atoms with E-state index in [1.807, 2.05) is 19.1 Å². The lowest BCUT2D eigenvalue weighted by atomic mass is 10.0. The molecule has 0 saturated heterocycles. The number of hydrogen-bond acceptors (Lipinski definition) is 2. The summed E-state index contributed by atoms with van der Waals surface area (Å²) in [5.74, 6) is 0. The Morgan fingerprint density at radius 1 is 1.31 bits per heavy atom. The third kappa shape index (κ3) is 2.07. The Hall–Kier alpha value is -1.80. The standard InChI is InChI=1S/C11H10N2/c1-2-10-4-3-9(5-6-12)7-11(10)8-13/h3-4,7H,2,5H2,1H3. The zero-order chi connectivity index (χ0) is 9.68. The molecule has 0 spiro atoms. The highest BCUT2D eigenvalue weighted by atomic mass is 14.3. The highest BCUT2D eigenvalue weighted by Gasteiger charge is 2.00. The van der Waals surface area contributed by atoms with Gasteiger partial charge in [-0.1, -0.05) is 19.1 Å². The van der Waals surface area contributed by atoms with Crippen LogP contribution in [0.5, 0.6) is 0 Å². The van der Waals surface area contributed by atoms with Crippen molar-refractivity contribution in [2.75, 3.05) is 0 Å². The molecule has 0 aromatic heterocycles. The van der Waals surface area contributed by atoms with E-state index in [1.54, 1.807) is 6.07 Å². The van der Waals surface area contributed by atoms with Crippen molar-refractivity contribution in [3.05, 3.63) is 34.9 Å². The van der Waals surface area contributed by atoms with Crippen molar-refractivity contribution in [2.24, 2.45) is 0 Å². The Labute approximate surface area is 78.0 Å². The van der Waals surface area contributed by atoms with E-state index in [4.69, 9.17) is 10.5 Å². The molecular weight excluding hydrogens is 160 g/mol. The number of hydrogen-bond donors (Lipinski definition) is 0. The Kier molecular flexibility index (Phi) is 3.06. The van der Waals surface area contributed by atoms with Crippen LogP contribution in [0.15, 0.2) is 18.2 Å². The Morgan fingerprint density at radius 3 is 2.62 bits per heavy atom. The van der Waals surface area contributed by atoms with Gasteiger partial charge in [0.15, 0.2) is 0 Å². The van der Waals surface area contributed by atoms with Crippen molar-refractivity contribution in [3.63, 3.8) is 0 Å². The molecule has 1 aromatic rings. The zero-order valence-corrected chi connectivity index (χ0v) is 7.54. The van der Waals surface area contributed by atoms with Gasteiger partial charge in [-0.15, -0.1) is 0 Å². The number of rotatable bonds is 2. The van der Waals surface area contributed by atoms with E-state index in [-0.39, 0.29) is 0 Å². The fraction of sp³-hybridized carbons (Fsp3) is 0.273. The van der Waals surface area contributed by atoms with Gasteiger partial charge in [-0.05, 0) is 23.6 Å². The summed E-state index contributed by atoms with van der Waals surface area (Å²) in [5.41, 5.74) is 2.65. The first-order valence-electron chi connectivity index (χ1n) is 4.20. The monoisotopic (exact) mass is 170 g/mol. The average molecular weight is 170 g/mol. The van der Waals surface area contributed by atoms with E-state index in [1.165, 1.54) is 0 Å². The number of benzene rings is 1. The fourth-order valence-electron chi connectivity index (χ4n) is 1.24. The molecule has 0 atom stereocenters. The minimum absolute atomic E-state index is 0.374. The fourth-order valence-corrected chi connectivity index (χ4v) is 1.24. The largest absolute Gasteiger partial charge is 0.198 e. The van der Waals surface area contributed by atoms with Gasteiger partial charge in [0.1, 0.15) is 0 Å². The summed E-state index contributed by atoms with van der Waals surface area (Å²) in [7, 11) is 0. The van der Waals surface area contributed by atoms with Crippen LogP contribution in [-0.2, 0) is 12.8 Å². The lowest BCUT2D eigenvalue weighted by Gasteiger charge is -2.01. The van der Waals surface area contributed by atoms with E-state index in [9.17, 15) is 0 Å². The molecule has 0 bridgehead atoms. The molecule has 64 valence electrons. The minimum atomic E-state index is 0.374. The van der Waals surface area contributed by atoms with Gasteiger partial charge < -0.3 is 0 Å². The quantitative estimate of drug-likeness (QED) is 0.683. The number of nitriles is 2. The van der Waals surface area contributed by atoms with Crippen molar-refractivity contribution in [1.82, 2.24) is 0 Å². The van der Waals surface area contributed by atoms with E-state index in [0.29, 0.717) is 12.0 Å². The first kappa shape index (κ1) is 9.29. The molecule has 0 saturated carbocycles. The molecule has 2 nitrogen and oxygen atoms in total. The summed E-state index contributed by atoms with van der Waals surface area (Å²) in [5, 5.41) is 17.3. The summed E-state index contributed by atoms with van der Waals surface area (Å²) in [4.78, 5) is 0. The van der Waals surface area contributed by atoms with E-state index in [0.717, 1.165) is 17.5 Å². The van der Waals surface area contributed by atoms with E-state index < -0.39 is 0 Å². The van der Waals surface area contributed by atoms with Crippen LogP contribution in [0, 0.1) is 22.7 Å². The van der Waals surface area contributed by atoms with Gasteiger partial charge in [-0.25, -0.2) is 0 Å². The van der Waals surface area contributed by atoms with E-state index >= 15 is 0 Å². The summed E-state index contributed by atoms with van der Waals surface area (Å²) in [6.45, 7) is 2.01. The molecule has 0 radical (unpaired) electrons. The molecule has 0 aliphatic heterocycles. The van der Waals surface area contributed by atoms with Gasteiger partial charge in [-0.2, -0.15) is 10.5 Å². The Bertz CT molecular complexity index is 380. The van der Waals surface area contributed by atoms with Crippen LogP contribution in [0.25, 0.3) is 0 Å². The summed E-state index contributed by atoms with van der Waals surface area (Å²) < 4.78 is 0. The maximum Gasteiger partial charge on any atom is 0.0994 e. The summed E-state index contributed by atoms with van der Waals surface area (Å²) >= 11 is 0. The van der Waals surface area contributed by atoms with Crippen LogP contribution in [-0.4, -0.2) is 0 Å². The topological polar surface area (TPSA) is 47.6 Å². The minimum Gasteiger partial charge on any atom is -0.198 e. The lowest BCUT2D eigenvalue weighted by molar-refractivity contribution is 1.11. The molecule has 0 fully saturated rings. The number of aryl methyl sites for hydroxylation is 1. The molecule has 0 aliphatic rings. The second kappa shape index (κ2) is 4.28. The van der Waals surface area contributed by atoms with Crippen molar-refractivity contribution < 1.29 is 0 Å². The smallest absolute Gasteiger partial charge is 0.0994 e. The maximum absolute atomic E-state index is 8.81. The predicted molar refractivity (Wildman–Crippen MR) is 49.9 cm³/mol. The third-order valence-corrected chi connectivity index (χ3v) is 1.96. The molecule has 13 heavy (non-hydrogen) atoms. The molecule has 0 heterocycles. The van der Waals surface area contributed by atoms with Crippen LogP contribution in [0.2, 0.25) is 0 Å². The first-order chi connectivity index (χ1) is 6.31. The van der Waals surface area contributed by atoms with Crippen molar-refractivity contribution >= 4 is 0 Å². The van der Waals surface area contributed by atoms with Crippen molar-refractivity contribution in [2.45, 2.75) is 19.8 Å². The summed E-state index contributed by atoms with van der Waals surface area (Å²) in [6.07, 6.45) is 1.23. The maximum atomic E-state index is 8.81. The van der Waals surface area contributed by atoms with Crippen LogP contribution in [0.3, 0.4) is 0 Å². The van der Waals surface area contributed by atoms with Gasteiger partial charge >= 0.3 is 0 Å².